The summed E-state index contributed by atoms with van der Waals surface area (Å²) in [4.78, 5) is 26.8. The first-order valence-corrected chi connectivity index (χ1v) is 7.81. The molecule has 0 aliphatic carbocycles. The van der Waals surface area contributed by atoms with Crippen LogP contribution >= 0.6 is 11.8 Å². The van der Waals surface area contributed by atoms with E-state index in [9.17, 15) is 14.7 Å². The second-order valence-corrected chi connectivity index (χ2v) is 6.56. The van der Waals surface area contributed by atoms with Crippen LogP contribution in [0.4, 0.5) is 4.79 Å². The topological polar surface area (TPSA) is 60.9 Å². The lowest BCUT2D eigenvalue weighted by Gasteiger charge is -2.31. The Bertz CT molecular complexity index is 336. The summed E-state index contributed by atoms with van der Waals surface area (Å²) in [6.07, 6.45) is 1.70. The van der Waals surface area contributed by atoms with Gasteiger partial charge >= 0.3 is 12.0 Å². The highest BCUT2D eigenvalue weighted by Crippen LogP contribution is 2.32. The maximum Gasteiger partial charge on any atom is 0.327 e. The fourth-order valence-electron chi connectivity index (χ4n) is 2.07. The van der Waals surface area contributed by atoms with E-state index >= 15 is 0 Å². The summed E-state index contributed by atoms with van der Waals surface area (Å²) < 4.78 is 0. The predicted octanol–water partition coefficient (Wildman–Crippen LogP) is 2.32. The molecule has 2 unspecified atom stereocenters. The van der Waals surface area contributed by atoms with Crippen LogP contribution in [0.15, 0.2) is 0 Å². The van der Waals surface area contributed by atoms with E-state index in [0.29, 0.717) is 18.2 Å². The van der Waals surface area contributed by atoms with Gasteiger partial charge in [-0.1, -0.05) is 20.8 Å². The van der Waals surface area contributed by atoms with Crippen LogP contribution in [-0.4, -0.2) is 57.7 Å². The van der Waals surface area contributed by atoms with Crippen LogP contribution in [0.25, 0.3) is 0 Å². The summed E-state index contributed by atoms with van der Waals surface area (Å²) in [6.45, 7) is 6.87. The smallest absolute Gasteiger partial charge is 0.327 e. The van der Waals surface area contributed by atoms with E-state index < -0.39 is 12.0 Å². The van der Waals surface area contributed by atoms with E-state index in [1.54, 1.807) is 23.7 Å². The number of amides is 2. The minimum absolute atomic E-state index is 0.0184. The number of carbonyl (C=O) groups is 2. The number of urea groups is 1. The van der Waals surface area contributed by atoms with Gasteiger partial charge in [0.25, 0.3) is 0 Å². The maximum atomic E-state index is 12.4. The number of rotatable bonds is 5. The summed E-state index contributed by atoms with van der Waals surface area (Å²) in [5.41, 5.74) is 0. The van der Waals surface area contributed by atoms with E-state index in [2.05, 4.69) is 13.8 Å². The third-order valence-corrected chi connectivity index (χ3v) is 4.77. The van der Waals surface area contributed by atoms with Gasteiger partial charge in [-0.05, 0) is 18.8 Å². The Hall–Kier alpha value is -0.910. The van der Waals surface area contributed by atoms with Crippen molar-refractivity contribution in [2.24, 2.45) is 5.92 Å². The number of hydrogen-bond donors (Lipinski definition) is 1. The van der Waals surface area contributed by atoms with Crippen molar-refractivity contribution in [1.29, 1.82) is 0 Å². The molecule has 1 saturated heterocycles. The van der Waals surface area contributed by atoms with Gasteiger partial charge in [-0.25, -0.2) is 9.59 Å². The molecular weight excluding hydrogens is 264 g/mol. The van der Waals surface area contributed by atoms with Crippen LogP contribution in [0.2, 0.25) is 0 Å². The molecule has 2 amide bonds. The highest BCUT2D eigenvalue weighted by atomic mass is 32.2. The van der Waals surface area contributed by atoms with Gasteiger partial charge in [-0.2, -0.15) is 0 Å². The van der Waals surface area contributed by atoms with Gasteiger partial charge in [0.15, 0.2) is 0 Å². The van der Waals surface area contributed by atoms with Crippen LogP contribution in [0.3, 0.4) is 0 Å². The van der Waals surface area contributed by atoms with Crippen molar-refractivity contribution in [3.8, 4) is 0 Å². The molecule has 0 aromatic heterocycles. The summed E-state index contributed by atoms with van der Waals surface area (Å²) in [5, 5.41) is 9.20. The van der Waals surface area contributed by atoms with Crippen LogP contribution < -0.4 is 0 Å². The van der Waals surface area contributed by atoms with Crippen molar-refractivity contribution < 1.29 is 14.7 Å². The summed E-state index contributed by atoms with van der Waals surface area (Å²) >= 11 is 1.55. The molecule has 1 N–H and O–H groups in total. The molecule has 110 valence electrons. The zero-order chi connectivity index (χ0) is 14.6. The molecule has 0 bridgehead atoms. The van der Waals surface area contributed by atoms with Crippen LogP contribution in [0, 0.1) is 5.92 Å². The Morgan fingerprint density at radius 2 is 2.11 bits per heavy atom. The fourth-order valence-corrected chi connectivity index (χ4v) is 3.41. The summed E-state index contributed by atoms with van der Waals surface area (Å²) in [5.74, 6) is 0.104. The number of nitrogens with zero attached hydrogens (tertiary/aromatic N) is 2. The third kappa shape index (κ3) is 4.03. The Labute approximate surface area is 119 Å². The lowest BCUT2D eigenvalue weighted by atomic mass is 10.1. The van der Waals surface area contributed by atoms with Crippen LogP contribution in [-0.2, 0) is 4.79 Å². The van der Waals surface area contributed by atoms with Crippen molar-refractivity contribution in [2.45, 2.75) is 45.0 Å². The molecule has 5 nitrogen and oxygen atoms in total. The van der Waals surface area contributed by atoms with Crippen molar-refractivity contribution in [3.63, 3.8) is 0 Å². The average molecular weight is 288 g/mol. The molecule has 2 atom stereocenters. The standard InChI is InChI=1S/C13H24N2O3S/c1-5-11-15(10(8-19-11)12(16)17)13(18)14(4)7-6-9(2)3/h9-11H,5-8H2,1-4H3,(H,16,17). The second kappa shape index (κ2) is 7.03. The van der Waals surface area contributed by atoms with Gasteiger partial charge in [0.2, 0.25) is 0 Å². The van der Waals surface area contributed by atoms with Crippen molar-refractivity contribution in [2.75, 3.05) is 19.3 Å². The van der Waals surface area contributed by atoms with Crippen molar-refractivity contribution in [3.05, 3.63) is 0 Å². The Morgan fingerprint density at radius 3 is 2.58 bits per heavy atom. The third-order valence-electron chi connectivity index (χ3n) is 3.32. The van der Waals surface area contributed by atoms with Gasteiger partial charge in [-0.15, -0.1) is 11.8 Å². The average Bonchev–Trinajstić information content (AvgIpc) is 2.78. The van der Waals surface area contributed by atoms with Gasteiger partial charge in [-0.3, -0.25) is 4.90 Å². The molecule has 1 aliphatic heterocycles. The first-order valence-electron chi connectivity index (χ1n) is 6.76. The molecule has 0 aromatic carbocycles. The highest BCUT2D eigenvalue weighted by Gasteiger charge is 2.41. The Kier molecular flexibility index (Phi) is 5.97. The number of hydrogen-bond acceptors (Lipinski definition) is 3. The predicted molar refractivity (Wildman–Crippen MR) is 77.3 cm³/mol. The van der Waals surface area contributed by atoms with E-state index in [4.69, 9.17) is 0 Å². The number of thioether (sulfide) groups is 1. The van der Waals surface area contributed by atoms with Crippen LogP contribution in [0.5, 0.6) is 0 Å². The van der Waals surface area contributed by atoms with Gasteiger partial charge in [0, 0.05) is 19.3 Å². The molecule has 0 radical (unpaired) electrons. The van der Waals surface area contributed by atoms with E-state index in [1.807, 2.05) is 6.92 Å². The van der Waals surface area contributed by atoms with Crippen molar-refractivity contribution in [1.82, 2.24) is 9.80 Å². The molecule has 1 heterocycles. The molecule has 1 aliphatic rings. The van der Waals surface area contributed by atoms with E-state index in [1.165, 1.54) is 4.90 Å². The Morgan fingerprint density at radius 1 is 1.47 bits per heavy atom. The molecular formula is C13H24N2O3S. The summed E-state index contributed by atoms with van der Waals surface area (Å²) in [6, 6.07) is -0.853. The quantitative estimate of drug-likeness (QED) is 0.843. The number of carbonyl (C=O) groups excluding carboxylic acids is 1. The monoisotopic (exact) mass is 288 g/mol. The first kappa shape index (κ1) is 16.1. The maximum absolute atomic E-state index is 12.4. The zero-order valence-corrected chi connectivity index (χ0v) is 12.9. The highest BCUT2D eigenvalue weighted by molar-refractivity contribution is 8.00. The largest absolute Gasteiger partial charge is 0.480 e. The molecule has 0 saturated carbocycles. The Balaban J connectivity index is 2.72. The zero-order valence-electron chi connectivity index (χ0n) is 12.1. The fraction of sp³-hybridized carbons (Fsp3) is 0.846. The number of aliphatic carboxylic acids is 1. The first-order chi connectivity index (χ1) is 8.88. The van der Waals surface area contributed by atoms with Gasteiger partial charge in [0.05, 0.1) is 5.37 Å². The molecule has 6 heteroatoms. The molecule has 0 spiro atoms. The molecule has 19 heavy (non-hydrogen) atoms. The van der Waals surface area contributed by atoms with Crippen LogP contribution in [0.1, 0.15) is 33.6 Å². The minimum atomic E-state index is -0.908. The molecule has 0 aromatic rings. The van der Waals surface area contributed by atoms with Gasteiger partial charge < -0.3 is 10.0 Å². The second-order valence-electron chi connectivity index (χ2n) is 5.34. The van der Waals surface area contributed by atoms with E-state index in [0.717, 1.165) is 12.8 Å². The van der Waals surface area contributed by atoms with Crippen molar-refractivity contribution >= 4 is 23.8 Å². The lowest BCUT2D eigenvalue weighted by molar-refractivity contribution is -0.141. The van der Waals surface area contributed by atoms with E-state index in [-0.39, 0.29) is 11.4 Å². The lowest BCUT2D eigenvalue weighted by Crippen LogP contribution is -2.50. The number of carboxylic acid groups (broad SMARTS) is 1. The molecule has 1 fully saturated rings. The SMILES string of the molecule is CCC1SCC(C(=O)O)N1C(=O)N(C)CCC(C)C. The normalized spacial score (nSPS) is 22.9. The molecule has 1 rings (SSSR count). The number of carboxylic acids is 1. The van der Waals surface area contributed by atoms with Gasteiger partial charge in [0.1, 0.15) is 6.04 Å². The minimum Gasteiger partial charge on any atom is -0.480 e. The summed E-state index contributed by atoms with van der Waals surface area (Å²) in [7, 11) is 1.75.